The Morgan fingerprint density at radius 2 is 1.80 bits per heavy atom. The minimum atomic E-state index is -0.252. The van der Waals surface area contributed by atoms with E-state index in [-0.39, 0.29) is 5.97 Å². The molecule has 1 atom stereocenters. The quantitative estimate of drug-likeness (QED) is 0.710. The molecule has 0 aliphatic rings. The van der Waals surface area contributed by atoms with Gasteiger partial charge in [-0.25, -0.2) is 4.79 Å². The summed E-state index contributed by atoms with van der Waals surface area (Å²) in [6, 6.07) is 7.64. The Hall–Kier alpha value is -1.31. The predicted octanol–water partition coefficient (Wildman–Crippen LogP) is 3.23. The third-order valence-corrected chi connectivity index (χ3v) is 2.86. The van der Waals surface area contributed by atoms with Crippen molar-refractivity contribution in [3.63, 3.8) is 0 Å². The lowest BCUT2D eigenvalue weighted by molar-refractivity contribution is 0.0598. The van der Waals surface area contributed by atoms with Gasteiger partial charge in [0.05, 0.1) is 12.7 Å². The number of methoxy groups -OCH3 is 1. The Morgan fingerprint density at radius 3 is 2.33 bits per heavy atom. The van der Waals surface area contributed by atoms with Gasteiger partial charge in [-0.15, -0.1) is 0 Å². The molecule has 0 radical (unpaired) electrons. The largest absolute Gasteiger partial charge is 0.465 e. The number of ether oxygens (including phenoxy) is 1. The van der Waals surface area contributed by atoms with Gasteiger partial charge in [0.25, 0.3) is 0 Å². The molecule has 1 rings (SSSR count). The Bertz CT molecular complexity index is 342. The van der Waals surface area contributed by atoms with Crippen LogP contribution in [0.4, 0.5) is 0 Å². The highest BCUT2D eigenvalue weighted by Gasteiger charge is 2.17. The van der Waals surface area contributed by atoms with Crippen molar-refractivity contribution in [2.45, 2.75) is 26.7 Å². The molecular weight excluding hydrogens is 188 g/mol. The Labute approximate surface area is 91.3 Å². The molecule has 0 amide bonds. The standard InChI is InChI=1S/C13H18O2/c1-9(2)10(3)11-7-5-6-8-12(11)13(14)15-4/h5-10H,1-4H3. The predicted molar refractivity (Wildman–Crippen MR) is 61.0 cm³/mol. The van der Waals surface area contributed by atoms with Crippen molar-refractivity contribution in [1.82, 2.24) is 0 Å². The normalized spacial score (nSPS) is 12.6. The summed E-state index contributed by atoms with van der Waals surface area (Å²) in [6.07, 6.45) is 0. The Kier molecular flexibility index (Phi) is 3.89. The van der Waals surface area contributed by atoms with Crippen LogP contribution in [0.3, 0.4) is 0 Å². The van der Waals surface area contributed by atoms with E-state index in [1.807, 2.05) is 24.3 Å². The monoisotopic (exact) mass is 206 g/mol. The Balaban J connectivity index is 3.11. The van der Waals surface area contributed by atoms with Crippen molar-refractivity contribution in [3.8, 4) is 0 Å². The average molecular weight is 206 g/mol. The summed E-state index contributed by atoms with van der Waals surface area (Å²) in [5.41, 5.74) is 1.75. The number of benzene rings is 1. The molecule has 2 nitrogen and oxygen atoms in total. The lowest BCUT2D eigenvalue weighted by Gasteiger charge is -2.18. The summed E-state index contributed by atoms with van der Waals surface area (Å²) in [5, 5.41) is 0. The lowest BCUT2D eigenvalue weighted by atomic mass is 9.87. The summed E-state index contributed by atoms with van der Waals surface area (Å²) in [6.45, 7) is 6.43. The van der Waals surface area contributed by atoms with Crippen LogP contribution in [0.5, 0.6) is 0 Å². The number of carbonyl (C=O) groups excluding carboxylic acids is 1. The fraction of sp³-hybridized carbons (Fsp3) is 0.462. The third kappa shape index (κ3) is 2.58. The van der Waals surface area contributed by atoms with Crippen molar-refractivity contribution in [2.24, 2.45) is 5.92 Å². The maximum absolute atomic E-state index is 11.5. The van der Waals surface area contributed by atoms with E-state index >= 15 is 0 Å². The first-order chi connectivity index (χ1) is 7.07. The van der Waals surface area contributed by atoms with E-state index in [4.69, 9.17) is 4.74 Å². The summed E-state index contributed by atoms with van der Waals surface area (Å²) in [5.74, 6) is 0.620. The molecule has 1 aromatic carbocycles. The summed E-state index contributed by atoms with van der Waals surface area (Å²) < 4.78 is 4.77. The van der Waals surface area contributed by atoms with Gasteiger partial charge in [-0.05, 0) is 23.5 Å². The van der Waals surface area contributed by atoms with Crippen LogP contribution in [-0.2, 0) is 4.74 Å². The minimum Gasteiger partial charge on any atom is -0.465 e. The van der Waals surface area contributed by atoms with Gasteiger partial charge in [0.2, 0.25) is 0 Å². The van der Waals surface area contributed by atoms with E-state index in [2.05, 4.69) is 20.8 Å². The number of hydrogen-bond acceptors (Lipinski definition) is 2. The van der Waals surface area contributed by atoms with Crippen LogP contribution in [-0.4, -0.2) is 13.1 Å². The zero-order valence-corrected chi connectivity index (χ0v) is 9.78. The zero-order valence-electron chi connectivity index (χ0n) is 9.78. The molecule has 0 saturated carbocycles. The molecule has 0 aliphatic heterocycles. The molecule has 0 spiro atoms. The fourth-order valence-corrected chi connectivity index (χ4v) is 1.55. The van der Waals surface area contributed by atoms with Crippen molar-refractivity contribution in [2.75, 3.05) is 7.11 Å². The van der Waals surface area contributed by atoms with Gasteiger partial charge in [0.15, 0.2) is 0 Å². The average Bonchev–Trinajstić information content (AvgIpc) is 2.27. The second kappa shape index (κ2) is 4.96. The topological polar surface area (TPSA) is 26.3 Å². The van der Waals surface area contributed by atoms with Crippen molar-refractivity contribution in [1.29, 1.82) is 0 Å². The SMILES string of the molecule is COC(=O)c1ccccc1C(C)C(C)C. The summed E-state index contributed by atoms with van der Waals surface area (Å²) in [7, 11) is 1.42. The van der Waals surface area contributed by atoms with Crippen LogP contribution in [0.2, 0.25) is 0 Å². The van der Waals surface area contributed by atoms with Crippen LogP contribution < -0.4 is 0 Å². The molecule has 2 heteroatoms. The van der Waals surface area contributed by atoms with Crippen LogP contribution in [0.15, 0.2) is 24.3 Å². The van der Waals surface area contributed by atoms with E-state index in [0.717, 1.165) is 5.56 Å². The van der Waals surface area contributed by atoms with Gasteiger partial charge in [-0.3, -0.25) is 0 Å². The molecule has 0 N–H and O–H groups in total. The van der Waals surface area contributed by atoms with E-state index < -0.39 is 0 Å². The number of carbonyl (C=O) groups is 1. The number of esters is 1. The van der Waals surface area contributed by atoms with Crippen molar-refractivity contribution in [3.05, 3.63) is 35.4 Å². The van der Waals surface area contributed by atoms with Crippen LogP contribution >= 0.6 is 0 Å². The fourth-order valence-electron chi connectivity index (χ4n) is 1.55. The minimum absolute atomic E-state index is 0.252. The van der Waals surface area contributed by atoms with E-state index in [1.165, 1.54) is 7.11 Å². The first-order valence-electron chi connectivity index (χ1n) is 5.25. The van der Waals surface area contributed by atoms with Gasteiger partial charge >= 0.3 is 5.97 Å². The molecule has 0 bridgehead atoms. The summed E-state index contributed by atoms with van der Waals surface area (Å²) in [4.78, 5) is 11.5. The highest BCUT2D eigenvalue weighted by atomic mass is 16.5. The number of hydrogen-bond donors (Lipinski definition) is 0. The second-order valence-electron chi connectivity index (χ2n) is 4.11. The zero-order chi connectivity index (χ0) is 11.4. The second-order valence-corrected chi connectivity index (χ2v) is 4.11. The molecule has 0 fully saturated rings. The lowest BCUT2D eigenvalue weighted by Crippen LogP contribution is -2.10. The first-order valence-corrected chi connectivity index (χ1v) is 5.25. The van der Waals surface area contributed by atoms with Gasteiger partial charge in [-0.1, -0.05) is 39.0 Å². The maximum Gasteiger partial charge on any atom is 0.338 e. The molecule has 1 aromatic rings. The molecular formula is C13H18O2. The molecule has 1 unspecified atom stereocenters. The molecule has 82 valence electrons. The van der Waals surface area contributed by atoms with Gasteiger partial charge in [0.1, 0.15) is 0 Å². The molecule has 0 aliphatic carbocycles. The third-order valence-electron chi connectivity index (χ3n) is 2.86. The maximum atomic E-state index is 11.5. The van der Waals surface area contributed by atoms with Crippen LogP contribution in [0.1, 0.15) is 42.6 Å². The smallest absolute Gasteiger partial charge is 0.338 e. The molecule has 0 heterocycles. The van der Waals surface area contributed by atoms with E-state index in [1.54, 1.807) is 0 Å². The summed E-state index contributed by atoms with van der Waals surface area (Å²) >= 11 is 0. The van der Waals surface area contributed by atoms with Crippen molar-refractivity contribution >= 4 is 5.97 Å². The van der Waals surface area contributed by atoms with Crippen LogP contribution in [0.25, 0.3) is 0 Å². The molecule has 0 saturated heterocycles. The highest BCUT2D eigenvalue weighted by Crippen LogP contribution is 2.26. The van der Waals surface area contributed by atoms with E-state index in [9.17, 15) is 4.79 Å². The highest BCUT2D eigenvalue weighted by molar-refractivity contribution is 5.91. The van der Waals surface area contributed by atoms with Gasteiger partial charge < -0.3 is 4.74 Å². The molecule has 0 aromatic heterocycles. The van der Waals surface area contributed by atoms with Crippen molar-refractivity contribution < 1.29 is 9.53 Å². The first kappa shape index (κ1) is 11.8. The van der Waals surface area contributed by atoms with Gasteiger partial charge in [-0.2, -0.15) is 0 Å². The number of rotatable bonds is 3. The van der Waals surface area contributed by atoms with Gasteiger partial charge in [0, 0.05) is 0 Å². The van der Waals surface area contributed by atoms with Crippen LogP contribution in [0, 0.1) is 5.92 Å². The Morgan fingerprint density at radius 1 is 1.20 bits per heavy atom. The molecule has 15 heavy (non-hydrogen) atoms. The van der Waals surface area contributed by atoms with E-state index in [0.29, 0.717) is 17.4 Å².